The van der Waals surface area contributed by atoms with Crippen LogP contribution >= 0.6 is 0 Å². The summed E-state index contributed by atoms with van der Waals surface area (Å²) in [6.07, 6.45) is 13.7. The topological polar surface area (TPSA) is 32.3 Å². The van der Waals surface area contributed by atoms with Gasteiger partial charge < -0.3 is 10.4 Å². The standard InChI is InChI=1S/C18H39NO/c1-6-7-8-9-10-11-12-13-14-15-16-19-17(2,3)18(4,5)20/h19-20H,6-16H2,1-5H3. The van der Waals surface area contributed by atoms with E-state index < -0.39 is 5.60 Å². The third kappa shape index (κ3) is 9.77. The Bertz CT molecular complexity index is 218. The van der Waals surface area contributed by atoms with Crippen molar-refractivity contribution in [1.82, 2.24) is 5.32 Å². The lowest BCUT2D eigenvalue weighted by atomic mass is 9.86. The summed E-state index contributed by atoms with van der Waals surface area (Å²) in [6.45, 7) is 11.2. The number of hydrogen-bond acceptors (Lipinski definition) is 2. The van der Waals surface area contributed by atoms with E-state index in [1.165, 1.54) is 64.2 Å². The van der Waals surface area contributed by atoms with Crippen LogP contribution in [0.2, 0.25) is 0 Å². The number of nitrogens with one attached hydrogen (secondary N) is 1. The average Bonchev–Trinajstić information content (AvgIpc) is 2.34. The third-order valence-corrected chi connectivity index (χ3v) is 4.63. The highest BCUT2D eigenvalue weighted by Crippen LogP contribution is 2.20. The van der Waals surface area contributed by atoms with Gasteiger partial charge in [-0.1, -0.05) is 64.7 Å². The second kappa shape index (κ2) is 10.6. The normalized spacial score (nSPS) is 12.9. The SMILES string of the molecule is CCCCCCCCCCCCNC(C)(C)C(C)(C)O. The zero-order valence-corrected chi connectivity index (χ0v) is 14.7. The molecule has 0 aliphatic rings. The molecule has 0 radical (unpaired) electrons. The summed E-state index contributed by atoms with van der Waals surface area (Å²) in [6, 6.07) is 0. The van der Waals surface area contributed by atoms with Crippen LogP contribution in [0.1, 0.15) is 98.8 Å². The Hall–Kier alpha value is -0.0800. The van der Waals surface area contributed by atoms with Crippen molar-refractivity contribution in [3.05, 3.63) is 0 Å². The number of rotatable bonds is 13. The van der Waals surface area contributed by atoms with E-state index in [1.807, 2.05) is 13.8 Å². The van der Waals surface area contributed by atoms with Crippen LogP contribution in [0.15, 0.2) is 0 Å². The van der Waals surface area contributed by atoms with Crippen LogP contribution in [0.3, 0.4) is 0 Å². The van der Waals surface area contributed by atoms with E-state index in [1.54, 1.807) is 0 Å². The van der Waals surface area contributed by atoms with Crippen LogP contribution in [-0.4, -0.2) is 22.8 Å². The summed E-state index contributed by atoms with van der Waals surface area (Å²) in [5.74, 6) is 0. The van der Waals surface area contributed by atoms with Crippen LogP contribution in [0.4, 0.5) is 0 Å². The smallest absolute Gasteiger partial charge is 0.0767 e. The highest BCUT2D eigenvalue weighted by molar-refractivity contribution is 4.93. The minimum Gasteiger partial charge on any atom is -0.389 e. The van der Waals surface area contributed by atoms with Crippen LogP contribution in [0.5, 0.6) is 0 Å². The van der Waals surface area contributed by atoms with Gasteiger partial charge in [-0.2, -0.15) is 0 Å². The molecule has 0 heterocycles. The average molecular weight is 286 g/mol. The largest absolute Gasteiger partial charge is 0.389 e. The molecule has 0 aromatic heterocycles. The van der Waals surface area contributed by atoms with Crippen LogP contribution < -0.4 is 5.32 Å². The molecule has 2 heteroatoms. The molecule has 0 saturated heterocycles. The van der Waals surface area contributed by atoms with E-state index in [9.17, 15) is 5.11 Å². The van der Waals surface area contributed by atoms with E-state index in [-0.39, 0.29) is 5.54 Å². The van der Waals surface area contributed by atoms with Crippen molar-refractivity contribution in [1.29, 1.82) is 0 Å². The molecule has 122 valence electrons. The molecular weight excluding hydrogens is 246 g/mol. The van der Waals surface area contributed by atoms with Gasteiger partial charge in [0.05, 0.1) is 5.60 Å². The van der Waals surface area contributed by atoms with Crippen LogP contribution in [-0.2, 0) is 0 Å². The molecule has 2 N–H and O–H groups in total. The summed E-state index contributed by atoms with van der Waals surface area (Å²) in [5.41, 5.74) is -0.891. The summed E-state index contributed by atoms with van der Waals surface area (Å²) in [5, 5.41) is 13.5. The van der Waals surface area contributed by atoms with Gasteiger partial charge in [0.2, 0.25) is 0 Å². The maximum Gasteiger partial charge on any atom is 0.0767 e. The van der Waals surface area contributed by atoms with E-state index in [0.29, 0.717) is 0 Å². The number of unbranched alkanes of at least 4 members (excludes halogenated alkanes) is 9. The van der Waals surface area contributed by atoms with Gasteiger partial charge in [0.25, 0.3) is 0 Å². The molecule has 0 aromatic carbocycles. The van der Waals surface area contributed by atoms with Gasteiger partial charge in [-0.15, -0.1) is 0 Å². The first kappa shape index (κ1) is 19.9. The monoisotopic (exact) mass is 285 g/mol. The van der Waals surface area contributed by atoms with Crippen molar-refractivity contribution in [2.24, 2.45) is 0 Å². The zero-order chi connectivity index (χ0) is 15.5. The molecule has 0 aliphatic heterocycles. The van der Waals surface area contributed by atoms with Gasteiger partial charge >= 0.3 is 0 Å². The first-order valence-electron chi connectivity index (χ1n) is 8.78. The fourth-order valence-electron chi connectivity index (χ4n) is 2.23. The molecule has 0 unspecified atom stereocenters. The van der Waals surface area contributed by atoms with E-state index in [0.717, 1.165) is 6.54 Å². The Morgan fingerprint density at radius 1 is 0.700 bits per heavy atom. The highest BCUT2D eigenvalue weighted by atomic mass is 16.3. The molecule has 0 bridgehead atoms. The molecule has 0 rings (SSSR count). The summed E-state index contributed by atoms with van der Waals surface area (Å²) in [7, 11) is 0. The minimum absolute atomic E-state index is 0.216. The first-order chi connectivity index (χ1) is 9.31. The molecule has 0 atom stereocenters. The summed E-state index contributed by atoms with van der Waals surface area (Å²) >= 11 is 0. The Balaban J connectivity index is 3.33. The second-order valence-electron chi connectivity index (χ2n) is 7.29. The van der Waals surface area contributed by atoms with Gasteiger partial charge in [-0.05, 0) is 40.7 Å². The van der Waals surface area contributed by atoms with Crippen molar-refractivity contribution < 1.29 is 5.11 Å². The maximum absolute atomic E-state index is 10.0. The van der Waals surface area contributed by atoms with Crippen LogP contribution in [0.25, 0.3) is 0 Å². The van der Waals surface area contributed by atoms with E-state index >= 15 is 0 Å². The van der Waals surface area contributed by atoms with E-state index in [4.69, 9.17) is 0 Å². The molecule has 20 heavy (non-hydrogen) atoms. The van der Waals surface area contributed by atoms with Gasteiger partial charge in [0, 0.05) is 5.54 Å². The molecule has 0 aromatic rings. The predicted molar refractivity (Wildman–Crippen MR) is 90.2 cm³/mol. The lowest BCUT2D eigenvalue weighted by molar-refractivity contribution is -0.00442. The van der Waals surface area contributed by atoms with Crippen molar-refractivity contribution >= 4 is 0 Å². The molecule has 0 fully saturated rings. The zero-order valence-electron chi connectivity index (χ0n) is 14.7. The molecule has 0 aliphatic carbocycles. The predicted octanol–water partition coefficient (Wildman–Crippen LogP) is 5.05. The fourth-order valence-corrected chi connectivity index (χ4v) is 2.23. The van der Waals surface area contributed by atoms with Gasteiger partial charge in [-0.3, -0.25) is 0 Å². The van der Waals surface area contributed by atoms with E-state index in [2.05, 4.69) is 26.1 Å². The highest BCUT2D eigenvalue weighted by Gasteiger charge is 2.33. The quantitative estimate of drug-likeness (QED) is 0.464. The lowest BCUT2D eigenvalue weighted by Crippen LogP contribution is -2.56. The maximum atomic E-state index is 10.0. The molecular formula is C18H39NO. The molecule has 0 spiro atoms. The Kier molecular flexibility index (Phi) is 10.6. The number of aliphatic hydroxyl groups is 1. The molecule has 0 saturated carbocycles. The molecule has 2 nitrogen and oxygen atoms in total. The van der Waals surface area contributed by atoms with Crippen molar-refractivity contribution in [2.45, 2.75) is 110 Å². The third-order valence-electron chi connectivity index (χ3n) is 4.63. The Labute approximate surface area is 127 Å². The Morgan fingerprint density at radius 3 is 1.50 bits per heavy atom. The van der Waals surface area contributed by atoms with Gasteiger partial charge in [-0.25, -0.2) is 0 Å². The lowest BCUT2D eigenvalue weighted by Gasteiger charge is -2.38. The second-order valence-corrected chi connectivity index (χ2v) is 7.29. The summed E-state index contributed by atoms with van der Waals surface area (Å²) in [4.78, 5) is 0. The Morgan fingerprint density at radius 2 is 1.10 bits per heavy atom. The van der Waals surface area contributed by atoms with Gasteiger partial charge in [0.15, 0.2) is 0 Å². The minimum atomic E-state index is -0.675. The summed E-state index contributed by atoms with van der Waals surface area (Å²) < 4.78 is 0. The molecule has 0 amide bonds. The van der Waals surface area contributed by atoms with Crippen LogP contribution in [0, 0.1) is 0 Å². The number of hydrogen-bond donors (Lipinski definition) is 2. The first-order valence-corrected chi connectivity index (χ1v) is 8.78. The van der Waals surface area contributed by atoms with Gasteiger partial charge in [0.1, 0.15) is 0 Å². The van der Waals surface area contributed by atoms with Crippen molar-refractivity contribution in [2.75, 3.05) is 6.54 Å². The van der Waals surface area contributed by atoms with Crippen molar-refractivity contribution in [3.63, 3.8) is 0 Å². The van der Waals surface area contributed by atoms with Crippen molar-refractivity contribution in [3.8, 4) is 0 Å². The fraction of sp³-hybridized carbons (Fsp3) is 1.00.